The van der Waals surface area contributed by atoms with Crippen molar-refractivity contribution in [1.29, 1.82) is 0 Å². The molecule has 34 heavy (non-hydrogen) atoms. The van der Waals surface area contributed by atoms with Crippen LogP contribution in [0.25, 0.3) is 44.4 Å². The van der Waals surface area contributed by atoms with E-state index in [2.05, 4.69) is 21.4 Å². The van der Waals surface area contributed by atoms with Crippen molar-refractivity contribution >= 4 is 33.4 Å². The summed E-state index contributed by atoms with van der Waals surface area (Å²) >= 11 is 0. The number of aromatic nitrogens is 3. The molecule has 0 fully saturated rings. The molecule has 6 rings (SSSR count). The van der Waals surface area contributed by atoms with E-state index in [0.29, 0.717) is 28.2 Å². The third-order valence-corrected chi connectivity index (χ3v) is 5.68. The number of nitrogens with one attached hydrogen (secondary N) is 1. The van der Waals surface area contributed by atoms with E-state index in [0.717, 1.165) is 27.4 Å². The number of hydrogen-bond donors (Lipinski definition) is 1. The van der Waals surface area contributed by atoms with Gasteiger partial charge in [0.25, 0.3) is 5.91 Å². The summed E-state index contributed by atoms with van der Waals surface area (Å²) in [6.07, 6.45) is 6.66. The minimum absolute atomic E-state index is 0.243. The fourth-order valence-electron chi connectivity index (χ4n) is 4.03. The molecule has 2 aromatic carbocycles. The summed E-state index contributed by atoms with van der Waals surface area (Å²) < 4.78 is 5.55. The molecule has 0 spiro atoms. The van der Waals surface area contributed by atoms with Crippen molar-refractivity contribution in [2.75, 3.05) is 5.32 Å². The maximum absolute atomic E-state index is 13.4. The van der Waals surface area contributed by atoms with Crippen LogP contribution >= 0.6 is 0 Å². The van der Waals surface area contributed by atoms with Crippen molar-refractivity contribution in [3.63, 3.8) is 0 Å². The summed E-state index contributed by atoms with van der Waals surface area (Å²) in [5.74, 6) is 0.358. The Bertz CT molecular complexity index is 1640. The van der Waals surface area contributed by atoms with Crippen molar-refractivity contribution < 1.29 is 9.21 Å². The highest BCUT2D eigenvalue weighted by Gasteiger charge is 2.16. The molecule has 0 unspecified atom stereocenters. The number of furan rings is 1. The average molecular weight is 442 g/mol. The van der Waals surface area contributed by atoms with Gasteiger partial charge >= 0.3 is 0 Å². The summed E-state index contributed by atoms with van der Waals surface area (Å²) in [4.78, 5) is 26.6. The normalized spacial score (nSPS) is 11.1. The Morgan fingerprint density at radius 2 is 1.68 bits per heavy atom. The molecule has 6 aromatic rings. The molecule has 0 bridgehead atoms. The molecule has 0 radical (unpaired) electrons. The molecule has 0 aliphatic heterocycles. The smallest absolute Gasteiger partial charge is 0.256 e. The topological polar surface area (TPSA) is 80.9 Å². The highest BCUT2D eigenvalue weighted by Crippen LogP contribution is 2.31. The third kappa shape index (κ3) is 3.67. The summed E-state index contributed by atoms with van der Waals surface area (Å²) in [6, 6.07) is 25.0. The van der Waals surface area contributed by atoms with Crippen LogP contribution in [0.5, 0.6) is 0 Å². The lowest BCUT2D eigenvalue weighted by atomic mass is 9.98. The van der Waals surface area contributed by atoms with Gasteiger partial charge in [-0.15, -0.1) is 0 Å². The van der Waals surface area contributed by atoms with Crippen molar-refractivity contribution in [2.45, 2.75) is 0 Å². The Labute approximate surface area is 194 Å². The van der Waals surface area contributed by atoms with Crippen LogP contribution in [-0.2, 0) is 0 Å². The van der Waals surface area contributed by atoms with Gasteiger partial charge in [-0.1, -0.05) is 18.2 Å². The molecule has 0 saturated heterocycles. The van der Waals surface area contributed by atoms with Crippen LogP contribution in [0.4, 0.5) is 5.69 Å². The van der Waals surface area contributed by atoms with Crippen LogP contribution in [0, 0.1) is 0 Å². The van der Waals surface area contributed by atoms with Gasteiger partial charge < -0.3 is 9.73 Å². The van der Waals surface area contributed by atoms with Gasteiger partial charge in [0, 0.05) is 23.2 Å². The molecule has 6 heteroatoms. The van der Waals surface area contributed by atoms with Gasteiger partial charge in [0.2, 0.25) is 0 Å². The van der Waals surface area contributed by atoms with Crippen LogP contribution < -0.4 is 5.32 Å². The molecule has 0 atom stereocenters. The Hall–Kier alpha value is -4.84. The second kappa shape index (κ2) is 8.26. The minimum atomic E-state index is -0.243. The molecule has 162 valence electrons. The number of carbonyl (C=O) groups is 1. The summed E-state index contributed by atoms with van der Waals surface area (Å²) in [6.45, 7) is 0. The van der Waals surface area contributed by atoms with Gasteiger partial charge in [0.1, 0.15) is 5.69 Å². The van der Waals surface area contributed by atoms with E-state index in [1.54, 1.807) is 49.1 Å². The van der Waals surface area contributed by atoms with Crippen molar-refractivity contribution in [3.8, 4) is 22.6 Å². The quantitative estimate of drug-likeness (QED) is 0.344. The molecule has 1 amide bonds. The number of hydrogen-bond acceptors (Lipinski definition) is 5. The molecular formula is C28H18N4O2. The fourth-order valence-corrected chi connectivity index (χ4v) is 4.03. The molecule has 6 nitrogen and oxygen atoms in total. The molecule has 4 heterocycles. The summed E-state index contributed by atoms with van der Waals surface area (Å²) in [5, 5.41) is 4.75. The van der Waals surface area contributed by atoms with Crippen molar-refractivity contribution in [2.24, 2.45) is 0 Å². The van der Waals surface area contributed by atoms with E-state index in [1.165, 1.54) is 0 Å². The standard InChI is InChI=1S/C28H18N4O2/c33-28(31-21-5-2-11-29-17-21)23-16-26(27-6-3-13-34-27)32-25-10-8-19(15-22(23)25)18-7-9-24-20(14-18)4-1-12-30-24/h1-17H,(H,31,33). The molecule has 0 saturated carbocycles. The number of fused-ring (bicyclic) bond motifs is 2. The molecule has 1 N–H and O–H groups in total. The number of carbonyl (C=O) groups excluding carboxylic acids is 1. The Morgan fingerprint density at radius 1 is 0.824 bits per heavy atom. The molecule has 4 aromatic heterocycles. The lowest BCUT2D eigenvalue weighted by Gasteiger charge is -2.12. The maximum atomic E-state index is 13.4. The van der Waals surface area contributed by atoms with E-state index in [1.807, 2.05) is 48.5 Å². The zero-order valence-corrected chi connectivity index (χ0v) is 18.0. The van der Waals surface area contributed by atoms with Gasteiger partial charge in [-0.2, -0.15) is 0 Å². The van der Waals surface area contributed by atoms with Crippen LogP contribution in [0.1, 0.15) is 10.4 Å². The van der Waals surface area contributed by atoms with Crippen molar-refractivity contribution in [3.05, 3.63) is 109 Å². The fraction of sp³-hybridized carbons (Fsp3) is 0. The first kappa shape index (κ1) is 19.8. The van der Waals surface area contributed by atoms with Crippen LogP contribution in [0.2, 0.25) is 0 Å². The lowest BCUT2D eigenvalue weighted by Crippen LogP contribution is -2.13. The monoisotopic (exact) mass is 442 g/mol. The Balaban J connectivity index is 1.50. The molecule has 0 aliphatic carbocycles. The number of amides is 1. The van der Waals surface area contributed by atoms with E-state index >= 15 is 0 Å². The first-order valence-electron chi connectivity index (χ1n) is 10.8. The highest BCUT2D eigenvalue weighted by molar-refractivity contribution is 6.13. The highest BCUT2D eigenvalue weighted by atomic mass is 16.3. The second-order valence-electron chi connectivity index (χ2n) is 7.87. The van der Waals surface area contributed by atoms with Gasteiger partial charge in [0.15, 0.2) is 5.76 Å². The van der Waals surface area contributed by atoms with E-state index < -0.39 is 0 Å². The van der Waals surface area contributed by atoms with Crippen LogP contribution in [0.15, 0.2) is 108 Å². The predicted octanol–water partition coefficient (Wildman–Crippen LogP) is 6.36. The number of anilines is 1. The van der Waals surface area contributed by atoms with Gasteiger partial charge in [-0.3, -0.25) is 14.8 Å². The van der Waals surface area contributed by atoms with E-state index in [9.17, 15) is 4.79 Å². The van der Waals surface area contributed by atoms with Crippen LogP contribution in [-0.4, -0.2) is 20.9 Å². The Morgan fingerprint density at radius 3 is 2.50 bits per heavy atom. The van der Waals surface area contributed by atoms with E-state index in [-0.39, 0.29) is 5.91 Å². The largest absolute Gasteiger partial charge is 0.463 e. The third-order valence-electron chi connectivity index (χ3n) is 5.68. The Kier molecular flexibility index (Phi) is 4.81. The number of pyridine rings is 3. The van der Waals surface area contributed by atoms with Gasteiger partial charge in [-0.25, -0.2) is 4.98 Å². The number of rotatable bonds is 4. The average Bonchev–Trinajstić information content (AvgIpc) is 3.43. The maximum Gasteiger partial charge on any atom is 0.256 e. The zero-order chi connectivity index (χ0) is 22.9. The van der Waals surface area contributed by atoms with Gasteiger partial charge in [-0.05, 0) is 71.8 Å². The van der Waals surface area contributed by atoms with Crippen molar-refractivity contribution in [1.82, 2.24) is 15.0 Å². The molecular weight excluding hydrogens is 424 g/mol. The van der Waals surface area contributed by atoms with Gasteiger partial charge in [0.05, 0.1) is 34.7 Å². The van der Waals surface area contributed by atoms with E-state index in [4.69, 9.17) is 9.40 Å². The first-order chi connectivity index (χ1) is 16.7. The second-order valence-corrected chi connectivity index (χ2v) is 7.87. The molecule has 0 aliphatic rings. The lowest BCUT2D eigenvalue weighted by molar-refractivity contribution is 0.102. The SMILES string of the molecule is O=C(Nc1cccnc1)c1cc(-c2ccco2)nc2ccc(-c3ccc4ncccc4c3)cc12. The summed E-state index contributed by atoms with van der Waals surface area (Å²) in [5.41, 5.74) is 5.39. The zero-order valence-electron chi connectivity index (χ0n) is 18.0. The number of benzene rings is 2. The minimum Gasteiger partial charge on any atom is -0.463 e. The first-order valence-corrected chi connectivity index (χ1v) is 10.8. The predicted molar refractivity (Wildman–Crippen MR) is 132 cm³/mol. The summed E-state index contributed by atoms with van der Waals surface area (Å²) in [7, 11) is 0. The van der Waals surface area contributed by atoms with Crippen LogP contribution in [0.3, 0.4) is 0 Å². The number of nitrogens with zero attached hydrogens (tertiary/aromatic N) is 3.